The summed E-state index contributed by atoms with van der Waals surface area (Å²) < 4.78 is 5.46. The van der Waals surface area contributed by atoms with Crippen LogP contribution in [-0.2, 0) is 0 Å². The lowest BCUT2D eigenvalue weighted by Crippen LogP contribution is -2.26. The van der Waals surface area contributed by atoms with Crippen molar-refractivity contribution in [3.8, 4) is 0 Å². The molecule has 0 radical (unpaired) electrons. The van der Waals surface area contributed by atoms with Crippen LogP contribution in [0.3, 0.4) is 0 Å². The SMILES string of the molecule is NC1CSCC1c1nc(C2CCCCCC2)no1. The molecule has 1 aromatic rings. The van der Waals surface area contributed by atoms with Crippen molar-refractivity contribution in [2.24, 2.45) is 5.73 Å². The summed E-state index contributed by atoms with van der Waals surface area (Å²) in [5.74, 6) is 4.50. The molecule has 0 amide bonds. The van der Waals surface area contributed by atoms with Crippen LogP contribution < -0.4 is 5.73 Å². The summed E-state index contributed by atoms with van der Waals surface area (Å²) in [6.07, 6.45) is 7.73. The number of hydrogen-bond donors (Lipinski definition) is 1. The second-order valence-electron chi connectivity index (χ2n) is 5.49. The standard InChI is InChI=1S/C13H21N3OS/c14-11-8-18-7-10(11)13-15-12(16-17-13)9-5-3-1-2-4-6-9/h9-11H,1-8,14H2. The molecule has 5 heteroatoms. The Morgan fingerprint density at radius 1 is 1.11 bits per heavy atom. The topological polar surface area (TPSA) is 64.9 Å². The van der Waals surface area contributed by atoms with E-state index in [-0.39, 0.29) is 12.0 Å². The van der Waals surface area contributed by atoms with Gasteiger partial charge in [0.1, 0.15) is 0 Å². The first kappa shape index (κ1) is 12.5. The Labute approximate surface area is 112 Å². The van der Waals surface area contributed by atoms with Crippen LogP contribution in [0.1, 0.15) is 62.1 Å². The fourth-order valence-corrected chi connectivity index (χ4v) is 4.21. The summed E-state index contributed by atoms with van der Waals surface area (Å²) in [4.78, 5) is 4.64. The van der Waals surface area contributed by atoms with Crippen molar-refractivity contribution >= 4 is 11.8 Å². The summed E-state index contributed by atoms with van der Waals surface area (Å²) in [5, 5.41) is 4.21. The van der Waals surface area contributed by atoms with Gasteiger partial charge in [-0.05, 0) is 12.8 Å². The predicted octanol–water partition coefficient (Wildman–Crippen LogP) is 2.67. The predicted molar refractivity (Wildman–Crippen MR) is 72.8 cm³/mol. The van der Waals surface area contributed by atoms with Gasteiger partial charge >= 0.3 is 0 Å². The van der Waals surface area contributed by atoms with Gasteiger partial charge in [0.25, 0.3) is 0 Å². The Morgan fingerprint density at radius 2 is 1.89 bits per heavy atom. The molecule has 3 rings (SSSR count). The summed E-state index contributed by atoms with van der Waals surface area (Å²) in [5.41, 5.74) is 6.08. The zero-order valence-corrected chi connectivity index (χ0v) is 11.5. The van der Waals surface area contributed by atoms with Crippen molar-refractivity contribution in [3.05, 3.63) is 11.7 Å². The summed E-state index contributed by atoms with van der Waals surface area (Å²) >= 11 is 1.88. The Bertz CT molecular complexity index is 387. The van der Waals surface area contributed by atoms with E-state index in [4.69, 9.17) is 10.3 Å². The number of rotatable bonds is 2. The van der Waals surface area contributed by atoms with Gasteiger partial charge in [0.2, 0.25) is 5.89 Å². The third-order valence-corrected chi connectivity index (χ3v) is 5.33. The van der Waals surface area contributed by atoms with Gasteiger partial charge in [0.05, 0.1) is 5.92 Å². The molecule has 0 spiro atoms. The van der Waals surface area contributed by atoms with E-state index in [2.05, 4.69) is 10.1 Å². The number of nitrogens with two attached hydrogens (primary N) is 1. The van der Waals surface area contributed by atoms with Gasteiger partial charge in [-0.1, -0.05) is 30.8 Å². The van der Waals surface area contributed by atoms with E-state index in [9.17, 15) is 0 Å². The number of nitrogens with zero attached hydrogens (tertiary/aromatic N) is 2. The second kappa shape index (κ2) is 5.61. The minimum atomic E-state index is 0.178. The molecule has 1 saturated heterocycles. The van der Waals surface area contributed by atoms with E-state index < -0.39 is 0 Å². The lowest BCUT2D eigenvalue weighted by atomic mass is 9.99. The molecular weight excluding hydrogens is 246 g/mol. The van der Waals surface area contributed by atoms with Gasteiger partial charge < -0.3 is 10.3 Å². The largest absolute Gasteiger partial charge is 0.339 e. The van der Waals surface area contributed by atoms with Gasteiger partial charge in [-0.25, -0.2) is 0 Å². The third-order valence-electron chi connectivity index (χ3n) is 4.12. The van der Waals surface area contributed by atoms with E-state index in [1.165, 1.54) is 38.5 Å². The molecule has 2 N–H and O–H groups in total. The number of thioether (sulfide) groups is 1. The molecule has 2 heterocycles. The molecule has 2 fully saturated rings. The minimum absolute atomic E-state index is 0.178. The highest BCUT2D eigenvalue weighted by Gasteiger charge is 2.31. The summed E-state index contributed by atoms with van der Waals surface area (Å²) in [7, 11) is 0. The van der Waals surface area contributed by atoms with E-state index in [0.29, 0.717) is 5.92 Å². The summed E-state index contributed by atoms with van der Waals surface area (Å²) in [6, 6.07) is 0.178. The van der Waals surface area contributed by atoms with Gasteiger partial charge in [-0.2, -0.15) is 16.7 Å². The van der Waals surface area contributed by atoms with Crippen LogP contribution in [0.15, 0.2) is 4.52 Å². The van der Waals surface area contributed by atoms with Crippen molar-refractivity contribution in [2.75, 3.05) is 11.5 Å². The fourth-order valence-electron chi connectivity index (χ4n) is 2.93. The Hall–Kier alpha value is -0.550. The van der Waals surface area contributed by atoms with Crippen LogP contribution in [0.2, 0.25) is 0 Å². The molecule has 0 bridgehead atoms. The lowest BCUT2D eigenvalue weighted by molar-refractivity contribution is 0.344. The summed E-state index contributed by atoms with van der Waals surface area (Å²) in [6.45, 7) is 0. The average Bonchev–Trinajstić information content (AvgIpc) is 2.91. The van der Waals surface area contributed by atoms with Crippen LogP contribution in [0.25, 0.3) is 0 Å². The van der Waals surface area contributed by atoms with Gasteiger partial charge in [0, 0.05) is 23.5 Å². The van der Waals surface area contributed by atoms with Crippen LogP contribution in [0.5, 0.6) is 0 Å². The van der Waals surface area contributed by atoms with Crippen LogP contribution in [-0.4, -0.2) is 27.7 Å². The first-order chi connectivity index (χ1) is 8.84. The van der Waals surface area contributed by atoms with E-state index in [1.807, 2.05) is 11.8 Å². The highest BCUT2D eigenvalue weighted by Crippen LogP contribution is 2.34. The Morgan fingerprint density at radius 3 is 2.56 bits per heavy atom. The Kier molecular flexibility index (Phi) is 3.89. The second-order valence-corrected chi connectivity index (χ2v) is 6.56. The first-order valence-electron chi connectivity index (χ1n) is 7.01. The van der Waals surface area contributed by atoms with Crippen molar-refractivity contribution < 1.29 is 4.52 Å². The average molecular weight is 267 g/mol. The van der Waals surface area contributed by atoms with Crippen molar-refractivity contribution in [1.29, 1.82) is 0 Å². The molecular formula is C13H21N3OS. The quantitative estimate of drug-likeness (QED) is 0.835. The molecule has 2 atom stereocenters. The van der Waals surface area contributed by atoms with Crippen LogP contribution in [0, 0.1) is 0 Å². The van der Waals surface area contributed by atoms with Gasteiger partial charge in [-0.3, -0.25) is 0 Å². The monoisotopic (exact) mass is 267 g/mol. The minimum Gasteiger partial charge on any atom is -0.339 e. The lowest BCUT2D eigenvalue weighted by Gasteiger charge is -2.09. The maximum Gasteiger partial charge on any atom is 0.232 e. The molecule has 18 heavy (non-hydrogen) atoms. The molecule has 1 aliphatic heterocycles. The molecule has 0 aromatic carbocycles. The molecule has 1 aromatic heterocycles. The van der Waals surface area contributed by atoms with Crippen molar-refractivity contribution in [3.63, 3.8) is 0 Å². The number of aromatic nitrogens is 2. The van der Waals surface area contributed by atoms with Gasteiger partial charge in [0.15, 0.2) is 5.82 Å². The highest BCUT2D eigenvalue weighted by molar-refractivity contribution is 7.99. The maximum atomic E-state index is 6.08. The molecule has 100 valence electrons. The first-order valence-corrected chi connectivity index (χ1v) is 8.17. The Balaban J connectivity index is 1.72. The maximum absolute atomic E-state index is 6.08. The molecule has 1 aliphatic carbocycles. The van der Waals surface area contributed by atoms with Crippen molar-refractivity contribution in [1.82, 2.24) is 10.1 Å². The van der Waals surface area contributed by atoms with E-state index in [0.717, 1.165) is 23.2 Å². The van der Waals surface area contributed by atoms with Crippen molar-refractivity contribution in [2.45, 2.75) is 56.4 Å². The van der Waals surface area contributed by atoms with Crippen LogP contribution >= 0.6 is 11.8 Å². The zero-order chi connectivity index (χ0) is 12.4. The molecule has 4 nitrogen and oxygen atoms in total. The molecule has 1 saturated carbocycles. The molecule has 2 unspecified atom stereocenters. The van der Waals surface area contributed by atoms with Gasteiger partial charge in [-0.15, -0.1) is 0 Å². The normalized spacial score (nSPS) is 30.5. The van der Waals surface area contributed by atoms with E-state index in [1.54, 1.807) is 0 Å². The number of hydrogen-bond acceptors (Lipinski definition) is 5. The third kappa shape index (κ3) is 2.57. The van der Waals surface area contributed by atoms with Crippen LogP contribution in [0.4, 0.5) is 0 Å². The smallest absolute Gasteiger partial charge is 0.232 e. The van der Waals surface area contributed by atoms with E-state index >= 15 is 0 Å². The zero-order valence-electron chi connectivity index (χ0n) is 10.7. The highest BCUT2D eigenvalue weighted by atomic mass is 32.2. The fraction of sp³-hybridized carbons (Fsp3) is 0.846. The molecule has 2 aliphatic rings.